The standard InChI is InChI=1S/C22H33N5O7/c1-4-11(2)18(21(32)25-12(3)22(33)34)27-20(31)16(10-17(24)29)26-19(30)15(23)9-13-5-7-14(28)8-6-13/h5-8,11-12,15-16,18,28H,4,9-10,23H2,1-3H3,(H2,24,29)(H,25,32)(H,26,30)(H,27,31)(H,33,34). The van der Waals surface area contributed by atoms with Crippen LogP contribution in [0.2, 0.25) is 0 Å². The van der Waals surface area contributed by atoms with Crippen molar-refractivity contribution in [2.45, 2.75) is 64.2 Å². The maximum absolute atomic E-state index is 12.9. The lowest BCUT2D eigenvalue weighted by Crippen LogP contribution is -2.59. The Bertz CT molecular complexity index is 890. The molecule has 12 nitrogen and oxygen atoms in total. The Labute approximate surface area is 197 Å². The molecule has 0 heterocycles. The Morgan fingerprint density at radius 1 is 0.941 bits per heavy atom. The van der Waals surface area contributed by atoms with Crippen LogP contribution < -0.4 is 27.4 Å². The minimum Gasteiger partial charge on any atom is -0.508 e. The van der Waals surface area contributed by atoms with Crippen molar-refractivity contribution in [3.8, 4) is 5.75 Å². The number of phenols is 1. The van der Waals surface area contributed by atoms with E-state index in [1.54, 1.807) is 26.0 Å². The van der Waals surface area contributed by atoms with Gasteiger partial charge in [-0.05, 0) is 37.0 Å². The summed E-state index contributed by atoms with van der Waals surface area (Å²) in [6.45, 7) is 4.75. The van der Waals surface area contributed by atoms with E-state index >= 15 is 0 Å². The van der Waals surface area contributed by atoms with Gasteiger partial charge in [-0.2, -0.15) is 0 Å². The molecule has 188 valence electrons. The number of phenolic OH excluding ortho intramolecular Hbond substituents is 1. The number of carbonyl (C=O) groups is 5. The fourth-order valence-corrected chi connectivity index (χ4v) is 2.99. The van der Waals surface area contributed by atoms with Gasteiger partial charge in [0.1, 0.15) is 23.9 Å². The lowest BCUT2D eigenvalue weighted by Gasteiger charge is -2.27. The van der Waals surface area contributed by atoms with Gasteiger partial charge in [0, 0.05) is 0 Å². The molecule has 1 aromatic carbocycles. The molecule has 9 N–H and O–H groups in total. The Morgan fingerprint density at radius 3 is 2.03 bits per heavy atom. The highest BCUT2D eigenvalue weighted by Crippen LogP contribution is 2.12. The average molecular weight is 480 g/mol. The molecule has 0 radical (unpaired) electrons. The predicted octanol–water partition coefficient (Wildman–Crippen LogP) is -1.26. The molecule has 0 fully saturated rings. The van der Waals surface area contributed by atoms with E-state index in [-0.39, 0.29) is 18.1 Å². The molecule has 5 unspecified atom stereocenters. The number of nitrogens with one attached hydrogen (secondary N) is 3. The summed E-state index contributed by atoms with van der Waals surface area (Å²) < 4.78 is 0. The summed E-state index contributed by atoms with van der Waals surface area (Å²) in [5, 5.41) is 25.5. The highest BCUT2D eigenvalue weighted by atomic mass is 16.4. The minimum atomic E-state index is -1.40. The molecule has 0 aliphatic rings. The summed E-state index contributed by atoms with van der Waals surface area (Å²) in [5.74, 6) is -4.72. The number of aliphatic carboxylic acids is 1. The van der Waals surface area contributed by atoms with Crippen LogP contribution in [0.15, 0.2) is 24.3 Å². The van der Waals surface area contributed by atoms with Gasteiger partial charge < -0.3 is 37.6 Å². The van der Waals surface area contributed by atoms with Crippen molar-refractivity contribution in [3.63, 3.8) is 0 Å². The summed E-state index contributed by atoms with van der Waals surface area (Å²) in [6, 6.07) is 1.29. The highest BCUT2D eigenvalue weighted by molar-refractivity contribution is 5.96. The van der Waals surface area contributed by atoms with Crippen LogP contribution >= 0.6 is 0 Å². The highest BCUT2D eigenvalue weighted by Gasteiger charge is 2.32. The molecule has 0 spiro atoms. The summed E-state index contributed by atoms with van der Waals surface area (Å²) >= 11 is 0. The maximum Gasteiger partial charge on any atom is 0.325 e. The van der Waals surface area contributed by atoms with Gasteiger partial charge in [0.25, 0.3) is 0 Å². The monoisotopic (exact) mass is 479 g/mol. The van der Waals surface area contributed by atoms with Crippen LogP contribution in [0.3, 0.4) is 0 Å². The van der Waals surface area contributed by atoms with E-state index in [0.29, 0.717) is 12.0 Å². The molecule has 0 aliphatic heterocycles. The normalized spacial score (nSPS) is 15.2. The van der Waals surface area contributed by atoms with Crippen molar-refractivity contribution in [1.82, 2.24) is 16.0 Å². The van der Waals surface area contributed by atoms with Crippen molar-refractivity contribution in [3.05, 3.63) is 29.8 Å². The van der Waals surface area contributed by atoms with Crippen molar-refractivity contribution < 1.29 is 34.2 Å². The van der Waals surface area contributed by atoms with E-state index in [2.05, 4.69) is 16.0 Å². The van der Waals surface area contributed by atoms with Crippen LogP contribution in [0.5, 0.6) is 5.75 Å². The first-order chi connectivity index (χ1) is 15.8. The Hall–Kier alpha value is -3.67. The molecule has 1 rings (SSSR count). The van der Waals surface area contributed by atoms with Crippen LogP contribution in [0.4, 0.5) is 0 Å². The van der Waals surface area contributed by atoms with Crippen molar-refractivity contribution >= 4 is 29.6 Å². The smallest absolute Gasteiger partial charge is 0.325 e. The molecular weight excluding hydrogens is 446 g/mol. The Kier molecular flexibility index (Phi) is 11.0. The number of benzene rings is 1. The average Bonchev–Trinajstić information content (AvgIpc) is 2.77. The zero-order valence-electron chi connectivity index (χ0n) is 19.4. The zero-order valence-corrected chi connectivity index (χ0v) is 19.4. The third-order valence-electron chi connectivity index (χ3n) is 5.29. The fourth-order valence-electron chi connectivity index (χ4n) is 2.99. The topological polar surface area (TPSA) is 214 Å². The van der Waals surface area contributed by atoms with Gasteiger partial charge in [-0.1, -0.05) is 32.4 Å². The van der Waals surface area contributed by atoms with Gasteiger partial charge in [-0.15, -0.1) is 0 Å². The van der Waals surface area contributed by atoms with Crippen molar-refractivity contribution in [2.24, 2.45) is 17.4 Å². The summed E-state index contributed by atoms with van der Waals surface area (Å²) in [5.41, 5.74) is 11.8. The Morgan fingerprint density at radius 2 is 1.53 bits per heavy atom. The molecule has 5 atom stereocenters. The van der Waals surface area contributed by atoms with Gasteiger partial charge in [-0.3, -0.25) is 24.0 Å². The molecule has 0 saturated carbocycles. The molecule has 34 heavy (non-hydrogen) atoms. The molecule has 0 aliphatic carbocycles. The summed E-state index contributed by atoms with van der Waals surface area (Å²) in [6.07, 6.45) is 0.0377. The number of carboxylic acids is 1. The fraction of sp³-hybridized carbons (Fsp3) is 0.500. The quantitative estimate of drug-likeness (QED) is 0.181. The molecule has 0 saturated heterocycles. The number of amides is 4. The van der Waals surface area contributed by atoms with E-state index in [4.69, 9.17) is 16.6 Å². The Balaban J connectivity index is 2.94. The van der Waals surface area contributed by atoms with Crippen LogP contribution in [0, 0.1) is 5.92 Å². The minimum absolute atomic E-state index is 0.0533. The first-order valence-corrected chi connectivity index (χ1v) is 10.8. The number of aromatic hydroxyl groups is 1. The summed E-state index contributed by atoms with van der Waals surface area (Å²) in [7, 11) is 0. The zero-order chi connectivity index (χ0) is 26.0. The second kappa shape index (κ2) is 13.1. The number of nitrogens with two attached hydrogens (primary N) is 2. The number of rotatable bonds is 13. The van der Waals surface area contributed by atoms with Crippen molar-refractivity contribution in [1.29, 1.82) is 0 Å². The number of carboxylic acid groups (broad SMARTS) is 1. The van der Waals surface area contributed by atoms with Crippen LogP contribution in [0.1, 0.15) is 39.2 Å². The number of hydrogen-bond acceptors (Lipinski definition) is 7. The van der Waals surface area contributed by atoms with Crippen molar-refractivity contribution in [2.75, 3.05) is 0 Å². The van der Waals surface area contributed by atoms with E-state index in [9.17, 15) is 29.1 Å². The van der Waals surface area contributed by atoms with E-state index in [1.807, 2.05) is 0 Å². The third-order valence-corrected chi connectivity index (χ3v) is 5.29. The lowest BCUT2D eigenvalue weighted by atomic mass is 9.97. The van der Waals surface area contributed by atoms with E-state index in [1.165, 1.54) is 19.1 Å². The van der Waals surface area contributed by atoms with E-state index in [0.717, 1.165) is 0 Å². The van der Waals surface area contributed by atoms with Gasteiger partial charge >= 0.3 is 5.97 Å². The molecule has 1 aromatic rings. The number of hydrogen-bond donors (Lipinski definition) is 7. The molecule has 12 heteroatoms. The largest absolute Gasteiger partial charge is 0.508 e. The third kappa shape index (κ3) is 9.06. The van der Waals surface area contributed by atoms with Gasteiger partial charge in [-0.25, -0.2) is 0 Å². The first kappa shape index (κ1) is 28.4. The van der Waals surface area contributed by atoms with E-state index < -0.39 is 60.2 Å². The van der Waals surface area contributed by atoms with Crippen LogP contribution in [0.25, 0.3) is 0 Å². The first-order valence-electron chi connectivity index (χ1n) is 10.8. The van der Waals surface area contributed by atoms with Gasteiger partial charge in [0.05, 0.1) is 12.5 Å². The molecule has 4 amide bonds. The predicted molar refractivity (Wildman–Crippen MR) is 122 cm³/mol. The SMILES string of the molecule is CCC(C)C(NC(=O)C(CC(N)=O)NC(=O)C(N)Cc1ccc(O)cc1)C(=O)NC(C)C(=O)O. The maximum atomic E-state index is 12.9. The van der Waals surface area contributed by atoms with Gasteiger partial charge in [0.15, 0.2) is 0 Å². The molecular formula is C22H33N5O7. The van der Waals surface area contributed by atoms with Gasteiger partial charge in [0.2, 0.25) is 23.6 Å². The number of carbonyl (C=O) groups excluding carboxylic acids is 4. The molecule has 0 bridgehead atoms. The summed E-state index contributed by atoms with van der Waals surface area (Å²) in [4.78, 5) is 60.6. The van der Waals surface area contributed by atoms with Crippen LogP contribution in [-0.4, -0.2) is 64.0 Å². The second-order valence-corrected chi connectivity index (χ2v) is 8.15. The second-order valence-electron chi connectivity index (χ2n) is 8.15. The molecule has 0 aromatic heterocycles. The lowest BCUT2D eigenvalue weighted by molar-refractivity contribution is -0.142. The van der Waals surface area contributed by atoms with Crippen LogP contribution in [-0.2, 0) is 30.4 Å². The number of primary amides is 1.